The topological polar surface area (TPSA) is 32.3 Å². The van der Waals surface area contributed by atoms with Crippen LogP contribution < -0.4 is 5.32 Å². The van der Waals surface area contributed by atoms with E-state index in [1.165, 1.54) is 0 Å². The van der Waals surface area contributed by atoms with Gasteiger partial charge in [0.2, 0.25) is 0 Å². The van der Waals surface area contributed by atoms with Crippen LogP contribution in [0.25, 0.3) is 0 Å². The van der Waals surface area contributed by atoms with Crippen molar-refractivity contribution in [3.63, 3.8) is 0 Å². The average molecular weight is 187 g/mol. The van der Waals surface area contributed by atoms with E-state index in [1.807, 2.05) is 0 Å². The van der Waals surface area contributed by atoms with Crippen LogP contribution in [-0.4, -0.2) is 24.8 Å². The van der Waals surface area contributed by atoms with E-state index in [1.54, 1.807) is 0 Å². The van der Waals surface area contributed by atoms with Crippen LogP contribution in [0.15, 0.2) is 0 Å². The first kappa shape index (κ1) is 12.9. The largest absolute Gasteiger partial charge is 0.396 e. The van der Waals surface area contributed by atoms with E-state index in [2.05, 4.69) is 33.0 Å². The lowest BCUT2D eigenvalue weighted by atomic mass is 9.96. The molecule has 2 nitrogen and oxygen atoms in total. The average Bonchev–Trinajstić information content (AvgIpc) is 2.01. The monoisotopic (exact) mass is 187 g/mol. The van der Waals surface area contributed by atoms with E-state index in [0.29, 0.717) is 17.9 Å². The van der Waals surface area contributed by atoms with Crippen LogP contribution >= 0.6 is 0 Å². The highest BCUT2D eigenvalue weighted by atomic mass is 16.3. The van der Waals surface area contributed by atoms with Crippen molar-refractivity contribution in [1.29, 1.82) is 0 Å². The van der Waals surface area contributed by atoms with Gasteiger partial charge in [-0.2, -0.15) is 0 Å². The number of hydrogen-bond acceptors (Lipinski definition) is 2. The van der Waals surface area contributed by atoms with Crippen molar-refractivity contribution >= 4 is 0 Å². The van der Waals surface area contributed by atoms with Gasteiger partial charge >= 0.3 is 0 Å². The maximum atomic E-state index is 8.80. The summed E-state index contributed by atoms with van der Waals surface area (Å²) in [7, 11) is 0. The second-order valence-corrected chi connectivity index (χ2v) is 4.98. The summed E-state index contributed by atoms with van der Waals surface area (Å²) < 4.78 is 0. The minimum absolute atomic E-state index is 0.315. The molecule has 0 saturated heterocycles. The Morgan fingerprint density at radius 1 is 1.31 bits per heavy atom. The van der Waals surface area contributed by atoms with E-state index < -0.39 is 0 Å². The summed E-state index contributed by atoms with van der Waals surface area (Å²) in [5, 5.41) is 12.2. The molecule has 0 aliphatic rings. The maximum absolute atomic E-state index is 8.80. The SMILES string of the molecule is CC[C@H](CCO)CNCC(C)(C)C. The van der Waals surface area contributed by atoms with E-state index >= 15 is 0 Å². The molecule has 13 heavy (non-hydrogen) atoms. The van der Waals surface area contributed by atoms with Gasteiger partial charge in [-0.3, -0.25) is 0 Å². The second-order valence-electron chi connectivity index (χ2n) is 4.98. The second kappa shape index (κ2) is 6.39. The third kappa shape index (κ3) is 8.26. The predicted octanol–water partition coefficient (Wildman–Crippen LogP) is 2.03. The molecule has 0 saturated carbocycles. The summed E-state index contributed by atoms with van der Waals surface area (Å²) in [5.74, 6) is 0.632. The molecule has 80 valence electrons. The highest BCUT2D eigenvalue weighted by Gasteiger charge is 2.11. The van der Waals surface area contributed by atoms with Gasteiger partial charge in [-0.05, 0) is 30.8 Å². The smallest absolute Gasteiger partial charge is 0.0434 e. The van der Waals surface area contributed by atoms with Gasteiger partial charge in [0.25, 0.3) is 0 Å². The van der Waals surface area contributed by atoms with E-state index in [0.717, 1.165) is 25.9 Å². The van der Waals surface area contributed by atoms with Gasteiger partial charge in [-0.25, -0.2) is 0 Å². The lowest BCUT2D eigenvalue weighted by molar-refractivity contribution is 0.247. The van der Waals surface area contributed by atoms with E-state index in [4.69, 9.17) is 5.11 Å². The van der Waals surface area contributed by atoms with Crippen LogP contribution in [-0.2, 0) is 0 Å². The zero-order valence-electron chi connectivity index (χ0n) is 9.56. The summed E-state index contributed by atoms with van der Waals surface area (Å²) in [4.78, 5) is 0. The molecule has 0 heterocycles. The Morgan fingerprint density at radius 3 is 2.31 bits per heavy atom. The predicted molar refractivity (Wildman–Crippen MR) is 57.8 cm³/mol. The zero-order valence-corrected chi connectivity index (χ0v) is 9.56. The standard InChI is InChI=1S/C11H25NO/c1-5-10(6-7-13)8-12-9-11(2,3)4/h10,12-13H,5-9H2,1-4H3/t10-/m1/s1. The summed E-state index contributed by atoms with van der Waals surface area (Å²) in [6.45, 7) is 11.3. The molecule has 0 bridgehead atoms. The molecule has 0 aromatic rings. The zero-order chi connectivity index (χ0) is 10.3. The Bertz CT molecular complexity index is 118. The van der Waals surface area contributed by atoms with Gasteiger partial charge in [-0.15, -0.1) is 0 Å². The highest BCUT2D eigenvalue weighted by Crippen LogP contribution is 2.11. The maximum Gasteiger partial charge on any atom is 0.0434 e. The van der Waals surface area contributed by atoms with Gasteiger partial charge in [0.05, 0.1) is 0 Å². The molecule has 0 aromatic heterocycles. The molecule has 0 fully saturated rings. The molecule has 0 aliphatic heterocycles. The third-order valence-corrected chi connectivity index (χ3v) is 2.20. The molecule has 1 atom stereocenters. The van der Waals surface area contributed by atoms with Crippen molar-refractivity contribution in [1.82, 2.24) is 5.32 Å². The Hall–Kier alpha value is -0.0800. The Balaban J connectivity index is 3.49. The molecular formula is C11H25NO. The van der Waals surface area contributed by atoms with Gasteiger partial charge in [-0.1, -0.05) is 34.1 Å². The fourth-order valence-corrected chi connectivity index (χ4v) is 1.28. The van der Waals surface area contributed by atoms with Crippen molar-refractivity contribution < 1.29 is 5.11 Å². The minimum Gasteiger partial charge on any atom is -0.396 e. The first-order chi connectivity index (χ1) is 5.99. The Morgan fingerprint density at radius 2 is 1.92 bits per heavy atom. The number of aliphatic hydroxyl groups is 1. The number of hydrogen-bond donors (Lipinski definition) is 2. The molecule has 0 amide bonds. The molecule has 0 unspecified atom stereocenters. The fourth-order valence-electron chi connectivity index (χ4n) is 1.28. The lowest BCUT2D eigenvalue weighted by Gasteiger charge is -2.21. The molecule has 0 spiro atoms. The van der Waals surface area contributed by atoms with Crippen molar-refractivity contribution in [2.75, 3.05) is 19.7 Å². The fraction of sp³-hybridized carbons (Fsp3) is 1.00. The molecule has 2 N–H and O–H groups in total. The first-order valence-electron chi connectivity index (χ1n) is 5.31. The first-order valence-corrected chi connectivity index (χ1v) is 5.31. The van der Waals surface area contributed by atoms with Crippen LogP contribution in [0.3, 0.4) is 0 Å². The van der Waals surface area contributed by atoms with Crippen molar-refractivity contribution in [3.8, 4) is 0 Å². The highest BCUT2D eigenvalue weighted by molar-refractivity contribution is 4.67. The molecule has 0 aliphatic carbocycles. The molecule has 2 heteroatoms. The summed E-state index contributed by atoms with van der Waals surface area (Å²) >= 11 is 0. The van der Waals surface area contributed by atoms with Gasteiger partial charge < -0.3 is 10.4 Å². The summed E-state index contributed by atoms with van der Waals surface area (Å²) in [6.07, 6.45) is 2.07. The van der Waals surface area contributed by atoms with E-state index in [9.17, 15) is 0 Å². The summed E-state index contributed by atoms with van der Waals surface area (Å²) in [5.41, 5.74) is 0.359. The molecule has 0 radical (unpaired) electrons. The third-order valence-electron chi connectivity index (χ3n) is 2.20. The van der Waals surface area contributed by atoms with Crippen molar-refractivity contribution in [2.24, 2.45) is 11.3 Å². The number of rotatable bonds is 6. The van der Waals surface area contributed by atoms with Crippen LogP contribution in [0.1, 0.15) is 40.5 Å². The number of aliphatic hydroxyl groups excluding tert-OH is 1. The van der Waals surface area contributed by atoms with Crippen molar-refractivity contribution in [3.05, 3.63) is 0 Å². The quantitative estimate of drug-likeness (QED) is 0.667. The van der Waals surface area contributed by atoms with Crippen LogP contribution in [0.2, 0.25) is 0 Å². The van der Waals surface area contributed by atoms with Crippen LogP contribution in [0.4, 0.5) is 0 Å². The van der Waals surface area contributed by atoms with Gasteiger partial charge in [0.15, 0.2) is 0 Å². The molecule has 0 aromatic carbocycles. The minimum atomic E-state index is 0.315. The Kier molecular flexibility index (Phi) is 6.35. The Labute approximate surface area is 82.7 Å². The van der Waals surface area contributed by atoms with Gasteiger partial charge in [0, 0.05) is 6.61 Å². The lowest BCUT2D eigenvalue weighted by Crippen LogP contribution is -2.31. The van der Waals surface area contributed by atoms with Crippen LogP contribution in [0, 0.1) is 11.3 Å². The molecular weight excluding hydrogens is 162 g/mol. The number of nitrogens with one attached hydrogen (secondary N) is 1. The molecule has 0 rings (SSSR count). The normalized spacial score (nSPS) is 14.5. The van der Waals surface area contributed by atoms with Crippen molar-refractivity contribution in [2.45, 2.75) is 40.5 Å². The summed E-state index contributed by atoms with van der Waals surface area (Å²) in [6, 6.07) is 0. The van der Waals surface area contributed by atoms with Gasteiger partial charge in [0.1, 0.15) is 0 Å². The van der Waals surface area contributed by atoms with E-state index in [-0.39, 0.29) is 0 Å². The van der Waals surface area contributed by atoms with Crippen LogP contribution in [0.5, 0.6) is 0 Å².